The van der Waals surface area contributed by atoms with Crippen molar-refractivity contribution >= 4 is 11.8 Å². The van der Waals surface area contributed by atoms with Crippen LogP contribution < -0.4 is 5.32 Å². The zero-order valence-electron chi connectivity index (χ0n) is 14.8. The molecule has 0 aromatic heterocycles. The van der Waals surface area contributed by atoms with E-state index in [0.29, 0.717) is 30.9 Å². The molecule has 0 aliphatic carbocycles. The molecule has 1 fully saturated rings. The molecule has 0 bridgehead atoms. The van der Waals surface area contributed by atoms with Gasteiger partial charge >= 0.3 is 0 Å². The first-order valence-electron chi connectivity index (χ1n) is 8.68. The summed E-state index contributed by atoms with van der Waals surface area (Å²) in [4.78, 5) is 27.1. The number of rotatable bonds is 6. The number of nitrogens with zero attached hydrogens (tertiary/aromatic N) is 1. The van der Waals surface area contributed by atoms with Crippen LogP contribution in [0.4, 0.5) is 0 Å². The molecule has 0 spiro atoms. The van der Waals surface area contributed by atoms with Gasteiger partial charge in [-0.05, 0) is 44.2 Å². The van der Waals surface area contributed by atoms with Crippen LogP contribution in [0.2, 0.25) is 0 Å². The number of amides is 2. The number of carbonyl (C=O) groups is 2. The maximum Gasteiger partial charge on any atom is 0.254 e. The highest BCUT2D eigenvalue weighted by atomic mass is 16.3. The van der Waals surface area contributed by atoms with E-state index in [2.05, 4.69) is 5.32 Å². The smallest absolute Gasteiger partial charge is 0.254 e. The Kier molecular flexibility index (Phi) is 5.99. The van der Waals surface area contributed by atoms with Gasteiger partial charge in [0.25, 0.3) is 5.91 Å². The van der Waals surface area contributed by atoms with Crippen LogP contribution in [-0.4, -0.2) is 46.6 Å². The van der Waals surface area contributed by atoms with Gasteiger partial charge in [-0.25, -0.2) is 0 Å². The molecule has 2 atom stereocenters. The van der Waals surface area contributed by atoms with Crippen LogP contribution in [0.3, 0.4) is 0 Å². The topological polar surface area (TPSA) is 69.6 Å². The van der Waals surface area contributed by atoms with E-state index in [-0.39, 0.29) is 18.4 Å². The van der Waals surface area contributed by atoms with Gasteiger partial charge in [0, 0.05) is 18.7 Å². The molecule has 2 rings (SSSR count). The summed E-state index contributed by atoms with van der Waals surface area (Å²) in [6.07, 6.45) is 1.52. The van der Waals surface area contributed by atoms with Gasteiger partial charge in [0.1, 0.15) is 5.54 Å². The summed E-state index contributed by atoms with van der Waals surface area (Å²) in [6.45, 7) is 6.67. The average molecular weight is 332 g/mol. The normalized spacial score (nSPS) is 21.8. The van der Waals surface area contributed by atoms with E-state index in [0.717, 1.165) is 6.42 Å². The first kappa shape index (κ1) is 18.5. The summed E-state index contributed by atoms with van der Waals surface area (Å²) in [5.74, 6) is 0.0655. The molecule has 1 aliphatic heterocycles. The number of hydrogen-bond acceptors (Lipinski definition) is 3. The quantitative estimate of drug-likeness (QED) is 0.839. The molecule has 2 amide bonds. The van der Waals surface area contributed by atoms with E-state index in [9.17, 15) is 14.7 Å². The molecule has 5 heteroatoms. The van der Waals surface area contributed by atoms with Crippen LogP contribution in [-0.2, 0) is 4.79 Å². The monoisotopic (exact) mass is 332 g/mol. The predicted molar refractivity (Wildman–Crippen MR) is 93.6 cm³/mol. The summed E-state index contributed by atoms with van der Waals surface area (Å²) >= 11 is 0. The minimum Gasteiger partial charge on any atom is -0.391 e. The summed E-state index contributed by atoms with van der Waals surface area (Å²) in [5.41, 5.74) is -0.261. The van der Waals surface area contributed by atoms with Crippen molar-refractivity contribution in [2.45, 2.75) is 51.7 Å². The second kappa shape index (κ2) is 7.79. The number of likely N-dealkylation sites (tertiary alicyclic amines) is 1. The number of carbonyl (C=O) groups excluding carboxylic acids is 2. The minimum absolute atomic E-state index is 0.117. The number of aliphatic hydroxyl groups excluding tert-OH is 1. The van der Waals surface area contributed by atoms with Gasteiger partial charge in [0.2, 0.25) is 5.91 Å². The average Bonchev–Trinajstić information content (AvgIpc) is 2.95. The zero-order chi connectivity index (χ0) is 17.7. The second-order valence-corrected chi connectivity index (χ2v) is 7.19. The highest BCUT2D eigenvalue weighted by molar-refractivity contribution is 5.99. The van der Waals surface area contributed by atoms with Gasteiger partial charge in [-0.2, -0.15) is 0 Å². The number of benzene rings is 1. The Morgan fingerprint density at radius 2 is 1.96 bits per heavy atom. The van der Waals surface area contributed by atoms with Crippen molar-refractivity contribution in [1.82, 2.24) is 10.2 Å². The Labute approximate surface area is 144 Å². The third-order valence-corrected chi connectivity index (χ3v) is 4.64. The SMILES string of the molecule is CC(C)CC(O)CNC(=O)C1(C)CCCN1C(=O)c1ccccc1. The van der Waals surface area contributed by atoms with Crippen molar-refractivity contribution in [3.8, 4) is 0 Å². The molecule has 5 nitrogen and oxygen atoms in total. The molecule has 0 saturated carbocycles. The van der Waals surface area contributed by atoms with Gasteiger partial charge in [-0.3, -0.25) is 9.59 Å². The maximum atomic E-state index is 12.7. The van der Waals surface area contributed by atoms with E-state index in [4.69, 9.17) is 0 Å². The Bertz CT molecular complexity index is 573. The van der Waals surface area contributed by atoms with E-state index in [1.807, 2.05) is 39.0 Å². The summed E-state index contributed by atoms with van der Waals surface area (Å²) in [7, 11) is 0. The molecular weight excluding hydrogens is 304 g/mol. The third kappa shape index (κ3) is 4.15. The van der Waals surface area contributed by atoms with E-state index in [1.54, 1.807) is 17.0 Å². The second-order valence-electron chi connectivity index (χ2n) is 7.19. The van der Waals surface area contributed by atoms with Gasteiger partial charge in [0.15, 0.2) is 0 Å². The summed E-state index contributed by atoms with van der Waals surface area (Å²) < 4.78 is 0. The maximum absolute atomic E-state index is 12.7. The predicted octanol–water partition coefficient (Wildman–Crippen LogP) is 2.20. The zero-order valence-corrected chi connectivity index (χ0v) is 14.8. The third-order valence-electron chi connectivity index (χ3n) is 4.64. The first-order valence-corrected chi connectivity index (χ1v) is 8.68. The van der Waals surface area contributed by atoms with E-state index < -0.39 is 11.6 Å². The van der Waals surface area contributed by atoms with Crippen molar-refractivity contribution in [2.24, 2.45) is 5.92 Å². The summed E-state index contributed by atoms with van der Waals surface area (Å²) in [6, 6.07) is 9.05. The van der Waals surface area contributed by atoms with Gasteiger partial charge in [-0.1, -0.05) is 32.0 Å². The van der Waals surface area contributed by atoms with Gasteiger partial charge < -0.3 is 15.3 Å². The lowest BCUT2D eigenvalue weighted by Gasteiger charge is -2.34. The van der Waals surface area contributed by atoms with Crippen LogP contribution in [0.1, 0.15) is 50.4 Å². The molecule has 24 heavy (non-hydrogen) atoms. The minimum atomic E-state index is -0.857. The number of aliphatic hydroxyl groups is 1. The summed E-state index contributed by atoms with van der Waals surface area (Å²) in [5, 5.41) is 12.8. The fourth-order valence-electron chi connectivity index (χ4n) is 3.29. The fourth-order valence-corrected chi connectivity index (χ4v) is 3.29. The standard InChI is InChI=1S/C19H28N2O3/c1-14(2)12-16(22)13-20-18(24)19(3)10-7-11-21(19)17(23)15-8-5-4-6-9-15/h4-6,8-9,14,16,22H,7,10-13H2,1-3H3,(H,20,24). The van der Waals surface area contributed by atoms with Gasteiger partial charge in [-0.15, -0.1) is 0 Å². The van der Waals surface area contributed by atoms with Crippen molar-refractivity contribution in [3.63, 3.8) is 0 Å². The van der Waals surface area contributed by atoms with Crippen molar-refractivity contribution < 1.29 is 14.7 Å². The van der Waals surface area contributed by atoms with Crippen molar-refractivity contribution in [2.75, 3.05) is 13.1 Å². The van der Waals surface area contributed by atoms with Crippen LogP contribution >= 0.6 is 0 Å². The molecule has 2 N–H and O–H groups in total. The van der Waals surface area contributed by atoms with Crippen LogP contribution in [0.25, 0.3) is 0 Å². The molecule has 132 valence electrons. The number of nitrogens with one attached hydrogen (secondary N) is 1. The van der Waals surface area contributed by atoms with Crippen LogP contribution in [0.5, 0.6) is 0 Å². The molecular formula is C19H28N2O3. The first-order chi connectivity index (χ1) is 11.3. The Morgan fingerprint density at radius 1 is 1.29 bits per heavy atom. The lowest BCUT2D eigenvalue weighted by molar-refractivity contribution is -0.130. The van der Waals surface area contributed by atoms with Crippen molar-refractivity contribution in [3.05, 3.63) is 35.9 Å². The highest BCUT2D eigenvalue weighted by Gasteiger charge is 2.45. The fraction of sp³-hybridized carbons (Fsp3) is 0.579. The van der Waals surface area contributed by atoms with E-state index >= 15 is 0 Å². The van der Waals surface area contributed by atoms with Crippen molar-refractivity contribution in [1.29, 1.82) is 0 Å². The molecule has 1 heterocycles. The largest absolute Gasteiger partial charge is 0.391 e. The van der Waals surface area contributed by atoms with Crippen LogP contribution in [0, 0.1) is 5.92 Å². The number of hydrogen-bond donors (Lipinski definition) is 2. The van der Waals surface area contributed by atoms with Gasteiger partial charge in [0.05, 0.1) is 6.10 Å². The molecule has 1 aliphatic rings. The molecule has 2 unspecified atom stereocenters. The molecule has 1 aromatic rings. The Morgan fingerprint density at radius 3 is 2.58 bits per heavy atom. The molecule has 1 saturated heterocycles. The Hall–Kier alpha value is -1.88. The van der Waals surface area contributed by atoms with Crippen LogP contribution in [0.15, 0.2) is 30.3 Å². The lowest BCUT2D eigenvalue weighted by Crippen LogP contribution is -2.56. The molecule has 0 radical (unpaired) electrons. The lowest BCUT2D eigenvalue weighted by atomic mass is 9.96. The highest BCUT2D eigenvalue weighted by Crippen LogP contribution is 2.30. The Balaban J connectivity index is 2.04. The molecule has 1 aromatic carbocycles. The van der Waals surface area contributed by atoms with E-state index in [1.165, 1.54) is 0 Å².